The Labute approximate surface area is 165 Å². The Hall–Kier alpha value is -0.0800. The lowest BCUT2D eigenvalue weighted by Crippen LogP contribution is -2.27. The van der Waals surface area contributed by atoms with Crippen LogP contribution in [0.4, 0.5) is 0 Å². The first-order valence-electron chi connectivity index (χ1n) is 12.2. The summed E-state index contributed by atoms with van der Waals surface area (Å²) in [5.74, 6) is 0. The summed E-state index contributed by atoms with van der Waals surface area (Å²) in [5, 5.41) is 13.4. The summed E-state index contributed by atoms with van der Waals surface area (Å²) >= 11 is 0. The van der Waals surface area contributed by atoms with Crippen LogP contribution < -0.4 is 5.32 Å². The number of aliphatic hydroxyl groups is 1. The van der Waals surface area contributed by atoms with Crippen molar-refractivity contribution in [1.29, 1.82) is 0 Å². The smallest absolute Gasteiger partial charge is 0.0664 e. The molecular weight excluding hydrogens is 318 g/mol. The van der Waals surface area contributed by atoms with Crippen molar-refractivity contribution in [3.8, 4) is 0 Å². The van der Waals surface area contributed by atoms with Crippen molar-refractivity contribution in [1.82, 2.24) is 5.32 Å². The summed E-state index contributed by atoms with van der Waals surface area (Å²) in [6, 6.07) is 0. The van der Waals surface area contributed by atoms with Crippen molar-refractivity contribution >= 4 is 0 Å². The zero-order chi connectivity index (χ0) is 19.1. The molecule has 0 aliphatic rings. The molecule has 2 heteroatoms. The molecule has 0 rings (SSSR count). The molecule has 1 atom stereocenters. The molecule has 0 amide bonds. The van der Waals surface area contributed by atoms with Crippen molar-refractivity contribution in [2.24, 2.45) is 0 Å². The predicted octanol–water partition coefficient (Wildman–Crippen LogP) is 7.39. The van der Waals surface area contributed by atoms with E-state index in [-0.39, 0.29) is 6.10 Å². The lowest BCUT2D eigenvalue weighted by atomic mass is 10.0. The van der Waals surface area contributed by atoms with E-state index in [0.717, 1.165) is 19.5 Å². The second kappa shape index (κ2) is 23.0. The topological polar surface area (TPSA) is 32.3 Å². The largest absolute Gasteiger partial charge is 0.392 e. The first kappa shape index (κ1) is 25.9. The fourth-order valence-electron chi connectivity index (χ4n) is 3.62. The first-order valence-corrected chi connectivity index (χ1v) is 12.2. The SMILES string of the molecule is CCCCCCCCCCCCCCC(O)CNCCCCCCCC. The van der Waals surface area contributed by atoms with Crippen molar-refractivity contribution in [2.75, 3.05) is 13.1 Å². The van der Waals surface area contributed by atoms with Crippen LogP contribution in [0.25, 0.3) is 0 Å². The minimum atomic E-state index is -0.141. The van der Waals surface area contributed by atoms with Gasteiger partial charge >= 0.3 is 0 Å². The maximum Gasteiger partial charge on any atom is 0.0664 e. The third-order valence-electron chi connectivity index (χ3n) is 5.48. The summed E-state index contributed by atoms with van der Waals surface area (Å²) in [5.41, 5.74) is 0. The lowest BCUT2D eigenvalue weighted by molar-refractivity contribution is 0.158. The van der Waals surface area contributed by atoms with Crippen LogP contribution in [-0.4, -0.2) is 24.3 Å². The normalized spacial score (nSPS) is 12.6. The summed E-state index contributed by atoms with van der Waals surface area (Å²) in [6.45, 7) is 6.40. The molecule has 0 bridgehead atoms. The first-order chi connectivity index (χ1) is 12.8. The Kier molecular flexibility index (Phi) is 22.9. The molecule has 0 heterocycles. The molecule has 0 aliphatic carbocycles. The number of hydrogen-bond acceptors (Lipinski definition) is 2. The zero-order valence-electron chi connectivity index (χ0n) is 18.4. The van der Waals surface area contributed by atoms with E-state index in [0.29, 0.717) is 0 Å². The summed E-state index contributed by atoms with van der Waals surface area (Å²) in [7, 11) is 0. The van der Waals surface area contributed by atoms with E-state index in [1.807, 2.05) is 0 Å². The minimum Gasteiger partial charge on any atom is -0.392 e. The number of nitrogens with one attached hydrogen (secondary N) is 1. The van der Waals surface area contributed by atoms with Crippen LogP contribution in [-0.2, 0) is 0 Å². The third kappa shape index (κ3) is 22.0. The fraction of sp³-hybridized carbons (Fsp3) is 1.00. The number of rotatable bonds is 22. The third-order valence-corrected chi connectivity index (χ3v) is 5.48. The Balaban J connectivity index is 3.11. The van der Waals surface area contributed by atoms with Gasteiger partial charge in [0.1, 0.15) is 0 Å². The molecule has 0 aromatic rings. The highest BCUT2D eigenvalue weighted by Crippen LogP contribution is 2.13. The monoisotopic (exact) mass is 369 g/mol. The van der Waals surface area contributed by atoms with Crippen molar-refractivity contribution in [3.63, 3.8) is 0 Å². The predicted molar refractivity (Wildman–Crippen MR) is 118 cm³/mol. The van der Waals surface area contributed by atoms with Crippen molar-refractivity contribution in [3.05, 3.63) is 0 Å². The summed E-state index contributed by atoms with van der Waals surface area (Å²) < 4.78 is 0. The van der Waals surface area contributed by atoms with Crippen molar-refractivity contribution in [2.45, 2.75) is 142 Å². The van der Waals surface area contributed by atoms with Gasteiger partial charge in [-0.3, -0.25) is 0 Å². The average molecular weight is 370 g/mol. The molecule has 0 saturated carbocycles. The molecular formula is C24H51NO. The molecule has 2 N–H and O–H groups in total. The molecule has 0 aromatic carbocycles. The Morgan fingerprint density at radius 1 is 0.538 bits per heavy atom. The van der Waals surface area contributed by atoms with Gasteiger partial charge in [0.25, 0.3) is 0 Å². The minimum absolute atomic E-state index is 0.141. The maximum atomic E-state index is 10.0. The van der Waals surface area contributed by atoms with Crippen LogP contribution in [0, 0.1) is 0 Å². The van der Waals surface area contributed by atoms with Gasteiger partial charge in [0.2, 0.25) is 0 Å². The molecule has 0 radical (unpaired) electrons. The van der Waals surface area contributed by atoms with E-state index in [9.17, 15) is 5.11 Å². The lowest BCUT2D eigenvalue weighted by Gasteiger charge is -2.11. The van der Waals surface area contributed by atoms with Gasteiger partial charge in [-0.15, -0.1) is 0 Å². The van der Waals surface area contributed by atoms with E-state index in [2.05, 4.69) is 19.2 Å². The second-order valence-corrected chi connectivity index (χ2v) is 8.30. The number of aliphatic hydroxyl groups excluding tert-OH is 1. The molecule has 2 nitrogen and oxygen atoms in total. The Morgan fingerprint density at radius 2 is 0.923 bits per heavy atom. The number of unbranched alkanes of at least 4 members (excludes halogenated alkanes) is 16. The van der Waals surface area contributed by atoms with Crippen molar-refractivity contribution < 1.29 is 5.11 Å². The van der Waals surface area contributed by atoms with Gasteiger partial charge in [-0.05, 0) is 19.4 Å². The number of hydrogen-bond donors (Lipinski definition) is 2. The van der Waals surface area contributed by atoms with E-state index >= 15 is 0 Å². The molecule has 0 aliphatic heterocycles. The van der Waals surface area contributed by atoms with Gasteiger partial charge in [-0.25, -0.2) is 0 Å². The van der Waals surface area contributed by atoms with Crippen LogP contribution in [0.3, 0.4) is 0 Å². The van der Waals surface area contributed by atoms with Gasteiger partial charge in [-0.2, -0.15) is 0 Å². The molecule has 0 fully saturated rings. The van der Waals surface area contributed by atoms with Gasteiger partial charge in [-0.1, -0.05) is 123 Å². The van der Waals surface area contributed by atoms with Crippen LogP contribution >= 0.6 is 0 Å². The van der Waals surface area contributed by atoms with Crippen LogP contribution in [0.1, 0.15) is 136 Å². The van der Waals surface area contributed by atoms with Crippen LogP contribution in [0.5, 0.6) is 0 Å². The van der Waals surface area contributed by atoms with Gasteiger partial charge in [0, 0.05) is 6.54 Å². The zero-order valence-corrected chi connectivity index (χ0v) is 18.4. The highest BCUT2D eigenvalue weighted by molar-refractivity contribution is 4.60. The molecule has 158 valence electrons. The van der Waals surface area contributed by atoms with Gasteiger partial charge in [0.15, 0.2) is 0 Å². The highest BCUT2D eigenvalue weighted by atomic mass is 16.3. The molecule has 0 saturated heterocycles. The molecule has 0 aromatic heterocycles. The molecule has 0 spiro atoms. The Morgan fingerprint density at radius 3 is 1.38 bits per heavy atom. The second-order valence-electron chi connectivity index (χ2n) is 8.30. The van der Waals surface area contributed by atoms with E-state index in [4.69, 9.17) is 0 Å². The standard InChI is InChI=1S/C24H51NO/c1-3-5-7-9-11-12-13-14-15-16-17-19-21-24(26)23-25-22-20-18-10-8-6-4-2/h24-26H,3-23H2,1-2H3. The van der Waals surface area contributed by atoms with Crippen LogP contribution in [0.2, 0.25) is 0 Å². The summed E-state index contributed by atoms with van der Waals surface area (Å²) in [6.07, 6.45) is 25.5. The Bertz CT molecular complexity index is 244. The van der Waals surface area contributed by atoms with E-state index in [1.165, 1.54) is 116 Å². The van der Waals surface area contributed by atoms with E-state index in [1.54, 1.807) is 0 Å². The highest BCUT2D eigenvalue weighted by Gasteiger charge is 2.03. The molecule has 1 unspecified atom stereocenters. The van der Waals surface area contributed by atoms with Crippen LogP contribution in [0.15, 0.2) is 0 Å². The maximum absolute atomic E-state index is 10.0. The average Bonchev–Trinajstić information content (AvgIpc) is 2.65. The fourth-order valence-corrected chi connectivity index (χ4v) is 3.62. The molecule has 26 heavy (non-hydrogen) atoms. The van der Waals surface area contributed by atoms with Gasteiger partial charge < -0.3 is 10.4 Å². The van der Waals surface area contributed by atoms with Gasteiger partial charge in [0.05, 0.1) is 6.10 Å². The van der Waals surface area contributed by atoms with E-state index < -0.39 is 0 Å². The quantitative estimate of drug-likeness (QED) is 0.195. The summed E-state index contributed by atoms with van der Waals surface area (Å²) in [4.78, 5) is 0.